The molecule has 0 radical (unpaired) electrons. The van der Waals surface area contributed by atoms with Crippen LogP contribution in [0.2, 0.25) is 0 Å². The molecule has 0 saturated carbocycles. The number of ether oxygens (including phenoxy) is 1. The molecule has 2 unspecified atom stereocenters. The van der Waals surface area contributed by atoms with Crippen LogP contribution in [-0.4, -0.2) is 49.8 Å². The molecule has 2 atom stereocenters. The van der Waals surface area contributed by atoms with Crippen LogP contribution in [0.25, 0.3) is 22.1 Å². The summed E-state index contributed by atoms with van der Waals surface area (Å²) in [6.45, 7) is 1.93. The first kappa shape index (κ1) is 17.3. The molecule has 0 amide bonds. The maximum atomic E-state index is 14.6. The third-order valence-corrected chi connectivity index (χ3v) is 5.39. The lowest BCUT2D eigenvalue weighted by molar-refractivity contribution is 0.00864. The molecular weight excluding hydrogens is 357 g/mol. The number of H-pyrrole nitrogens is 1. The van der Waals surface area contributed by atoms with Crippen molar-refractivity contribution in [2.75, 3.05) is 13.1 Å². The maximum Gasteiger partial charge on any atom is 0.177 e. The normalized spacial score (nSPS) is 20.5. The molecule has 5 rings (SSSR count). The van der Waals surface area contributed by atoms with Gasteiger partial charge in [0.15, 0.2) is 5.65 Å². The van der Waals surface area contributed by atoms with Crippen LogP contribution in [0.5, 0.6) is 0 Å². The van der Waals surface area contributed by atoms with Gasteiger partial charge in [-0.25, -0.2) is 14.4 Å². The standard InChI is InChI=1S/C21H22FN5O/c1-26-9-14(15-5-2-3-7-18(15)26)10-27-11-16(22)19(12-27)28-13-20-24-17-6-4-8-23-21(17)25-20/h2-9,16,19H,10-13H2,1H3,(H,23,24,25). The molecule has 1 aromatic carbocycles. The third-order valence-electron chi connectivity index (χ3n) is 5.39. The number of nitrogens with one attached hydrogen (secondary N) is 1. The smallest absolute Gasteiger partial charge is 0.177 e. The quantitative estimate of drug-likeness (QED) is 0.579. The zero-order valence-corrected chi connectivity index (χ0v) is 15.7. The Balaban J connectivity index is 1.24. The van der Waals surface area contributed by atoms with Crippen LogP contribution in [0.4, 0.5) is 4.39 Å². The average Bonchev–Trinajstić information content (AvgIpc) is 3.36. The molecule has 6 nitrogen and oxygen atoms in total. The maximum absolute atomic E-state index is 14.6. The van der Waals surface area contributed by atoms with Gasteiger partial charge in [0, 0.05) is 50.0 Å². The fourth-order valence-electron chi connectivity index (χ4n) is 4.04. The fourth-order valence-corrected chi connectivity index (χ4v) is 4.04. The molecule has 1 aliphatic rings. The van der Waals surface area contributed by atoms with Gasteiger partial charge in [-0.05, 0) is 23.8 Å². The molecule has 1 aliphatic heterocycles. The number of hydrogen-bond acceptors (Lipinski definition) is 4. The molecule has 4 heterocycles. The van der Waals surface area contributed by atoms with Crippen molar-refractivity contribution in [3.63, 3.8) is 0 Å². The highest BCUT2D eigenvalue weighted by Crippen LogP contribution is 2.25. The summed E-state index contributed by atoms with van der Waals surface area (Å²) in [5, 5.41) is 1.22. The number of pyridine rings is 1. The number of aryl methyl sites for hydroxylation is 1. The molecule has 0 aliphatic carbocycles. The number of benzene rings is 1. The van der Waals surface area contributed by atoms with E-state index in [-0.39, 0.29) is 6.61 Å². The molecular formula is C21H22FN5O. The minimum atomic E-state index is -1.00. The Hall–Kier alpha value is -2.77. The van der Waals surface area contributed by atoms with Crippen molar-refractivity contribution in [2.45, 2.75) is 25.4 Å². The molecule has 4 aromatic rings. The highest BCUT2D eigenvalue weighted by atomic mass is 19.1. The number of para-hydroxylation sites is 1. The summed E-state index contributed by atoms with van der Waals surface area (Å²) in [5.41, 5.74) is 3.93. The molecule has 1 fully saturated rings. The van der Waals surface area contributed by atoms with Gasteiger partial charge in [-0.1, -0.05) is 18.2 Å². The van der Waals surface area contributed by atoms with Crippen molar-refractivity contribution in [3.8, 4) is 0 Å². The van der Waals surface area contributed by atoms with E-state index < -0.39 is 12.3 Å². The van der Waals surface area contributed by atoms with E-state index in [1.807, 2.05) is 31.3 Å². The van der Waals surface area contributed by atoms with E-state index in [1.165, 1.54) is 16.5 Å². The molecule has 144 valence electrons. The van der Waals surface area contributed by atoms with Gasteiger partial charge in [0.2, 0.25) is 0 Å². The van der Waals surface area contributed by atoms with Gasteiger partial charge in [0.25, 0.3) is 0 Å². The highest BCUT2D eigenvalue weighted by molar-refractivity contribution is 5.83. The van der Waals surface area contributed by atoms with E-state index in [1.54, 1.807) is 6.20 Å². The van der Waals surface area contributed by atoms with Crippen molar-refractivity contribution in [1.82, 2.24) is 24.4 Å². The van der Waals surface area contributed by atoms with Crippen LogP contribution in [0.15, 0.2) is 48.8 Å². The highest BCUT2D eigenvalue weighted by Gasteiger charge is 2.34. The van der Waals surface area contributed by atoms with Gasteiger partial charge in [0.05, 0.1) is 5.52 Å². The summed E-state index contributed by atoms with van der Waals surface area (Å²) in [5.74, 6) is 0.674. The Labute approximate surface area is 162 Å². The van der Waals surface area contributed by atoms with Crippen LogP contribution >= 0.6 is 0 Å². The van der Waals surface area contributed by atoms with Crippen molar-refractivity contribution in [2.24, 2.45) is 7.05 Å². The lowest BCUT2D eigenvalue weighted by atomic mass is 10.1. The largest absolute Gasteiger partial charge is 0.366 e. The molecule has 3 aromatic heterocycles. The minimum Gasteiger partial charge on any atom is -0.366 e. The monoisotopic (exact) mass is 379 g/mol. The predicted molar refractivity (Wildman–Crippen MR) is 106 cm³/mol. The van der Waals surface area contributed by atoms with Crippen LogP contribution in [0.3, 0.4) is 0 Å². The Morgan fingerprint density at radius 2 is 2.11 bits per heavy atom. The summed E-state index contributed by atoms with van der Waals surface area (Å²) in [7, 11) is 2.04. The van der Waals surface area contributed by atoms with Crippen LogP contribution in [-0.2, 0) is 24.9 Å². The number of fused-ring (bicyclic) bond motifs is 2. The summed E-state index contributed by atoms with van der Waals surface area (Å²) in [4.78, 5) is 13.9. The topological polar surface area (TPSA) is 59.0 Å². The zero-order chi connectivity index (χ0) is 19.1. The lowest BCUT2D eigenvalue weighted by Crippen LogP contribution is -2.24. The molecule has 1 saturated heterocycles. The fraction of sp³-hybridized carbons (Fsp3) is 0.333. The number of aromatic nitrogens is 4. The third kappa shape index (κ3) is 3.16. The van der Waals surface area contributed by atoms with Gasteiger partial charge >= 0.3 is 0 Å². The van der Waals surface area contributed by atoms with Crippen molar-refractivity contribution in [3.05, 3.63) is 60.2 Å². The molecule has 28 heavy (non-hydrogen) atoms. The van der Waals surface area contributed by atoms with Crippen LogP contribution in [0.1, 0.15) is 11.4 Å². The summed E-state index contributed by atoms with van der Waals surface area (Å²) >= 11 is 0. The van der Waals surface area contributed by atoms with E-state index >= 15 is 0 Å². The first-order valence-electron chi connectivity index (χ1n) is 9.48. The number of likely N-dealkylation sites (tertiary alicyclic amines) is 1. The molecule has 0 bridgehead atoms. The zero-order valence-electron chi connectivity index (χ0n) is 15.7. The van der Waals surface area contributed by atoms with E-state index in [0.717, 1.165) is 12.1 Å². The number of aromatic amines is 1. The van der Waals surface area contributed by atoms with Gasteiger partial charge in [-0.15, -0.1) is 0 Å². The number of imidazole rings is 1. The second kappa shape index (κ2) is 7.00. The Bertz CT molecular complexity index is 1090. The number of hydrogen-bond donors (Lipinski definition) is 1. The molecule has 7 heteroatoms. The Morgan fingerprint density at radius 1 is 1.21 bits per heavy atom. The van der Waals surface area contributed by atoms with Gasteiger partial charge in [0.1, 0.15) is 24.7 Å². The van der Waals surface area contributed by atoms with E-state index in [2.05, 4.69) is 42.7 Å². The molecule has 1 N–H and O–H groups in total. The van der Waals surface area contributed by atoms with Gasteiger partial charge in [-0.3, -0.25) is 4.90 Å². The number of alkyl halides is 1. The SMILES string of the molecule is Cn1cc(CN2CC(F)C(OCc3nc4ncccc4[nH]3)C2)c2ccccc21. The van der Waals surface area contributed by atoms with Crippen LogP contribution in [0, 0.1) is 0 Å². The Kier molecular flexibility index (Phi) is 4.33. The Morgan fingerprint density at radius 3 is 3.00 bits per heavy atom. The summed E-state index contributed by atoms with van der Waals surface area (Å²) < 4.78 is 22.5. The summed E-state index contributed by atoms with van der Waals surface area (Å²) in [6.07, 6.45) is 2.38. The first-order valence-corrected chi connectivity index (χ1v) is 9.48. The second-order valence-corrected chi connectivity index (χ2v) is 7.40. The first-order chi connectivity index (χ1) is 13.7. The van der Waals surface area contributed by atoms with Gasteiger partial charge < -0.3 is 14.3 Å². The molecule has 0 spiro atoms. The minimum absolute atomic E-state index is 0.254. The van der Waals surface area contributed by atoms with Crippen molar-refractivity contribution < 1.29 is 9.13 Å². The van der Waals surface area contributed by atoms with E-state index in [9.17, 15) is 4.39 Å². The second-order valence-electron chi connectivity index (χ2n) is 7.40. The van der Waals surface area contributed by atoms with Crippen LogP contribution < -0.4 is 0 Å². The number of halogens is 1. The predicted octanol–water partition coefficient (Wildman–Crippen LogP) is 3.19. The van der Waals surface area contributed by atoms with E-state index in [0.29, 0.717) is 24.6 Å². The van der Waals surface area contributed by atoms with Gasteiger partial charge in [-0.2, -0.15) is 0 Å². The lowest BCUT2D eigenvalue weighted by Gasteiger charge is -2.15. The van der Waals surface area contributed by atoms with E-state index in [4.69, 9.17) is 4.74 Å². The average molecular weight is 379 g/mol. The number of rotatable bonds is 5. The van der Waals surface area contributed by atoms with Crippen molar-refractivity contribution >= 4 is 22.1 Å². The van der Waals surface area contributed by atoms with Crippen molar-refractivity contribution in [1.29, 1.82) is 0 Å². The summed E-state index contributed by atoms with van der Waals surface area (Å²) in [6, 6.07) is 12.1. The number of nitrogens with zero attached hydrogens (tertiary/aromatic N) is 4.